The molecule has 1 aliphatic rings. The van der Waals surface area contributed by atoms with Crippen LogP contribution in [0, 0.1) is 5.92 Å². The summed E-state index contributed by atoms with van der Waals surface area (Å²) < 4.78 is 0.958. The molecule has 0 saturated carbocycles. The molecule has 2 rings (SSSR count). The average molecular weight is 284 g/mol. The number of carbonyl (C=O) groups excluding carboxylic acids is 1. The van der Waals surface area contributed by atoms with E-state index >= 15 is 0 Å². The fourth-order valence-electron chi connectivity index (χ4n) is 1.97. The van der Waals surface area contributed by atoms with Crippen LogP contribution in [0.4, 0.5) is 5.82 Å². The van der Waals surface area contributed by atoms with E-state index < -0.39 is 0 Å². The van der Waals surface area contributed by atoms with Gasteiger partial charge in [-0.3, -0.25) is 4.79 Å². The number of primary amides is 1. The van der Waals surface area contributed by atoms with Crippen molar-refractivity contribution in [3.8, 4) is 0 Å². The number of piperidine rings is 1. The molecule has 0 aliphatic carbocycles. The molecule has 5 heteroatoms. The van der Waals surface area contributed by atoms with E-state index in [9.17, 15) is 4.79 Å². The van der Waals surface area contributed by atoms with Crippen molar-refractivity contribution in [3.63, 3.8) is 0 Å². The zero-order valence-electron chi connectivity index (χ0n) is 8.90. The lowest BCUT2D eigenvalue weighted by Gasteiger charge is -2.32. The Morgan fingerprint density at radius 2 is 2.38 bits per heavy atom. The lowest BCUT2D eigenvalue weighted by molar-refractivity contribution is -0.122. The summed E-state index contributed by atoms with van der Waals surface area (Å²) in [6.07, 6.45) is 3.65. The Hall–Kier alpha value is -1.10. The summed E-state index contributed by atoms with van der Waals surface area (Å²) in [5.74, 6) is 0.662. The molecule has 4 nitrogen and oxygen atoms in total. The van der Waals surface area contributed by atoms with E-state index in [2.05, 4.69) is 25.8 Å². The Kier molecular flexibility index (Phi) is 3.43. The predicted octanol–water partition coefficient (Wildman–Crippen LogP) is 1.55. The number of aromatic nitrogens is 1. The van der Waals surface area contributed by atoms with Crippen molar-refractivity contribution in [2.24, 2.45) is 11.7 Å². The number of anilines is 1. The van der Waals surface area contributed by atoms with Gasteiger partial charge in [0.25, 0.3) is 0 Å². The first-order valence-electron chi connectivity index (χ1n) is 5.32. The van der Waals surface area contributed by atoms with E-state index in [1.165, 1.54) is 0 Å². The van der Waals surface area contributed by atoms with Gasteiger partial charge >= 0.3 is 0 Å². The van der Waals surface area contributed by atoms with Gasteiger partial charge in [-0.2, -0.15) is 0 Å². The van der Waals surface area contributed by atoms with E-state index in [4.69, 9.17) is 5.73 Å². The highest BCUT2D eigenvalue weighted by Crippen LogP contribution is 2.22. The molecule has 1 fully saturated rings. The van der Waals surface area contributed by atoms with Gasteiger partial charge in [-0.05, 0) is 40.9 Å². The van der Waals surface area contributed by atoms with Crippen LogP contribution in [0.3, 0.4) is 0 Å². The molecular weight excluding hydrogens is 270 g/mol. The third kappa shape index (κ3) is 2.52. The molecule has 0 radical (unpaired) electrons. The minimum Gasteiger partial charge on any atom is -0.369 e. The summed E-state index contributed by atoms with van der Waals surface area (Å²) in [5.41, 5.74) is 5.34. The lowest BCUT2D eigenvalue weighted by atomic mass is 9.97. The Morgan fingerprint density at radius 3 is 3.00 bits per heavy atom. The van der Waals surface area contributed by atoms with Crippen molar-refractivity contribution in [1.82, 2.24) is 4.98 Å². The summed E-state index contributed by atoms with van der Waals surface area (Å²) in [7, 11) is 0. The van der Waals surface area contributed by atoms with Crippen LogP contribution in [0.15, 0.2) is 22.8 Å². The van der Waals surface area contributed by atoms with Crippen molar-refractivity contribution < 1.29 is 4.79 Å². The van der Waals surface area contributed by atoms with Gasteiger partial charge < -0.3 is 10.6 Å². The second-order valence-corrected chi connectivity index (χ2v) is 4.94. The van der Waals surface area contributed by atoms with Crippen molar-refractivity contribution in [2.75, 3.05) is 18.0 Å². The Bertz CT molecular complexity index is 379. The Labute approximate surface area is 103 Å². The Balaban J connectivity index is 2.09. The maximum absolute atomic E-state index is 11.2. The van der Waals surface area contributed by atoms with Crippen molar-refractivity contribution in [3.05, 3.63) is 22.8 Å². The number of hydrogen-bond acceptors (Lipinski definition) is 3. The third-order valence-corrected chi connectivity index (χ3v) is 3.33. The van der Waals surface area contributed by atoms with Gasteiger partial charge in [0, 0.05) is 23.8 Å². The second-order valence-electron chi connectivity index (χ2n) is 4.02. The number of hydrogen-bond donors (Lipinski definition) is 1. The number of nitrogens with two attached hydrogens (primary N) is 1. The van der Waals surface area contributed by atoms with E-state index in [1.54, 1.807) is 6.20 Å². The molecular formula is C11H14BrN3O. The molecule has 0 bridgehead atoms. The van der Waals surface area contributed by atoms with Crippen molar-refractivity contribution >= 4 is 27.7 Å². The number of carbonyl (C=O) groups is 1. The lowest BCUT2D eigenvalue weighted by Crippen LogP contribution is -2.41. The molecule has 0 aromatic carbocycles. The smallest absolute Gasteiger partial charge is 0.222 e. The fraction of sp³-hybridized carbons (Fsp3) is 0.455. The van der Waals surface area contributed by atoms with Crippen LogP contribution in [0.25, 0.3) is 0 Å². The summed E-state index contributed by atoms with van der Waals surface area (Å²) in [6.45, 7) is 1.63. The molecule has 1 unspecified atom stereocenters. The third-order valence-electron chi connectivity index (χ3n) is 2.86. The van der Waals surface area contributed by atoms with Gasteiger partial charge in [-0.25, -0.2) is 4.98 Å². The fourth-order valence-corrected chi connectivity index (χ4v) is 2.21. The van der Waals surface area contributed by atoms with Gasteiger partial charge in [-0.1, -0.05) is 0 Å². The molecule has 2 heterocycles. The summed E-state index contributed by atoms with van der Waals surface area (Å²) in [5, 5.41) is 0. The molecule has 2 N–H and O–H groups in total. The second kappa shape index (κ2) is 4.82. The van der Waals surface area contributed by atoms with Gasteiger partial charge in [-0.15, -0.1) is 0 Å². The molecule has 1 aromatic heterocycles. The number of nitrogens with zero attached hydrogens (tertiary/aromatic N) is 2. The highest BCUT2D eigenvalue weighted by Gasteiger charge is 2.24. The molecule has 1 amide bonds. The van der Waals surface area contributed by atoms with Crippen LogP contribution in [0.5, 0.6) is 0 Å². The molecule has 86 valence electrons. The van der Waals surface area contributed by atoms with E-state index in [0.29, 0.717) is 6.54 Å². The summed E-state index contributed by atoms with van der Waals surface area (Å²) in [4.78, 5) is 17.6. The first-order valence-corrected chi connectivity index (χ1v) is 6.12. The summed E-state index contributed by atoms with van der Waals surface area (Å²) in [6, 6.07) is 3.91. The van der Waals surface area contributed by atoms with Crippen LogP contribution >= 0.6 is 15.9 Å². The van der Waals surface area contributed by atoms with E-state index in [0.717, 1.165) is 29.7 Å². The minimum absolute atomic E-state index is 0.0424. The minimum atomic E-state index is -0.207. The van der Waals surface area contributed by atoms with Gasteiger partial charge in [0.1, 0.15) is 5.82 Å². The van der Waals surface area contributed by atoms with Crippen LogP contribution in [0.1, 0.15) is 12.8 Å². The SMILES string of the molecule is NC(=O)C1CCCN(c2ccc(Br)cn2)C1. The molecule has 1 aromatic rings. The van der Waals surface area contributed by atoms with Gasteiger partial charge in [0.15, 0.2) is 0 Å². The number of halogens is 1. The van der Waals surface area contributed by atoms with Crippen LogP contribution in [0.2, 0.25) is 0 Å². The highest BCUT2D eigenvalue weighted by molar-refractivity contribution is 9.10. The largest absolute Gasteiger partial charge is 0.369 e. The number of pyridine rings is 1. The zero-order chi connectivity index (χ0) is 11.5. The first-order chi connectivity index (χ1) is 7.66. The monoisotopic (exact) mass is 283 g/mol. The van der Waals surface area contributed by atoms with Crippen LogP contribution in [-0.2, 0) is 4.79 Å². The highest BCUT2D eigenvalue weighted by atomic mass is 79.9. The average Bonchev–Trinajstić information content (AvgIpc) is 2.30. The van der Waals surface area contributed by atoms with E-state index in [1.807, 2.05) is 12.1 Å². The van der Waals surface area contributed by atoms with Gasteiger partial charge in [0.05, 0.1) is 5.92 Å². The standard InChI is InChI=1S/C11H14BrN3O/c12-9-3-4-10(14-6-9)15-5-1-2-8(7-15)11(13)16/h3-4,6,8H,1-2,5,7H2,(H2,13,16). The maximum atomic E-state index is 11.2. The molecule has 1 aliphatic heterocycles. The van der Waals surface area contributed by atoms with E-state index in [-0.39, 0.29) is 11.8 Å². The molecule has 1 saturated heterocycles. The quantitative estimate of drug-likeness (QED) is 0.896. The van der Waals surface area contributed by atoms with Crippen LogP contribution in [-0.4, -0.2) is 24.0 Å². The van der Waals surface area contributed by atoms with Crippen LogP contribution < -0.4 is 10.6 Å². The number of rotatable bonds is 2. The topological polar surface area (TPSA) is 59.2 Å². The maximum Gasteiger partial charge on any atom is 0.222 e. The van der Waals surface area contributed by atoms with Gasteiger partial charge in [0.2, 0.25) is 5.91 Å². The van der Waals surface area contributed by atoms with Crippen molar-refractivity contribution in [1.29, 1.82) is 0 Å². The molecule has 16 heavy (non-hydrogen) atoms. The Morgan fingerprint density at radius 1 is 1.56 bits per heavy atom. The molecule has 1 atom stereocenters. The van der Waals surface area contributed by atoms with Crippen molar-refractivity contribution in [2.45, 2.75) is 12.8 Å². The predicted molar refractivity (Wildman–Crippen MR) is 66.1 cm³/mol. The summed E-state index contributed by atoms with van der Waals surface area (Å²) >= 11 is 3.35. The zero-order valence-corrected chi connectivity index (χ0v) is 10.5. The normalized spacial score (nSPS) is 20.8. The molecule has 0 spiro atoms. The number of amides is 1. The first kappa shape index (κ1) is 11.4.